The van der Waals surface area contributed by atoms with Crippen LogP contribution >= 0.6 is 0 Å². The SMILES string of the molecule is COc1ncc(-c2nc(CC(=O)C3(c4ccc5c(c4)OC(F)(F)O5)CC3)cc(C)c2C)c(C)c1C. The van der Waals surface area contributed by atoms with E-state index in [0.29, 0.717) is 30.0 Å². The fourth-order valence-electron chi connectivity index (χ4n) is 4.72. The summed E-state index contributed by atoms with van der Waals surface area (Å²) in [5.74, 6) is 0.506. The number of hydrogen-bond donors (Lipinski definition) is 0. The number of fused-ring (bicyclic) bond motifs is 1. The van der Waals surface area contributed by atoms with Crippen LogP contribution in [0.3, 0.4) is 0 Å². The van der Waals surface area contributed by atoms with Crippen molar-refractivity contribution < 1.29 is 27.8 Å². The maximum absolute atomic E-state index is 13.5. The van der Waals surface area contributed by atoms with E-state index in [-0.39, 0.29) is 23.7 Å². The summed E-state index contributed by atoms with van der Waals surface area (Å²) in [6.07, 6.45) is -0.485. The third-order valence-corrected chi connectivity index (χ3v) is 7.21. The van der Waals surface area contributed by atoms with Gasteiger partial charge in [0.05, 0.1) is 18.2 Å². The lowest BCUT2D eigenvalue weighted by Gasteiger charge is -2.17. The summed E-state index contributed by atoms with van der Waals surface area (Å²) in [5, 5.41) is 0. The smallest absolute Gasteiger partial charge is 0.481 e. The van der Waals surface area contributed by atoms with E-state index in [1.54, 1.807) is 19.4 Å². The maximum Gasteiger partial charge on any atom is 0.586 e. The van der Waals surface area contributed by atoms with Crippen LogP contribution in [0.1, 0.15) is 46.4 Å². The summed E-state index contributed by atoms with van der Waals surface area (Å²) < 4.78 is 41.3. The summed E-state index contributed by atoms with van der Waals surface area (Å²) >= 11 is 0. The van der Waals surface area contributed by atoms with Gasteiger partial charge >= 0.3 is 6.29 Å². The third kappa shape index (κ3) is 3.90. The predicted octanol–water partition coefficient (Wildman–Crippen LogP) is 5.55. The molecule has 8 heteroatoms. The molecular weight excluding hydrogens is 454 g/mol. The van der Waals surface area contributed by atoms with Crippen LogP contribution < -0.4 is 14.2 Å². The molecule has 1 aromatic carbocycles. The normalized spacial score (nSPS) is 16.8. The van der Waals surface area contributed by atoms with Crippen molar-refractivity contribution in [2.75, 3.05) is 7.11 Å². The number of carbonyl (C=O) groups is 1. The molecule has 1 aliphatic heterocycles. The summed E-state index contributed by atoms with van der Waals surface area (Å²) in [6.45, 7) is 7.97. The van der Waals surface area contributed by atoms with Gasteiger partial charge in [0.1, 0.15) is 5.78 Å². The molecular formula is C27H26F2N2O4. The molecule has 6 nitrogen and oxygen atoms in total. The van der Waals surface area contributed by atoms with E-state index < -0.39 is 11.7 Å². The number of aromatic nitrogens is 2. The number of alkyl halides is 2. The molecule has 0 atom stereocenters. The molecule has 182 valence electrons. The van der Waals surface area contributed by atoms with Crippen molar-refractivity contribution in [2.24, 2.45) is 0 Å². The number of methoxy groups -OCH3 is 1. The topological polar surface area (TPSA) is 70.5 Å². The highest BCUT2D eigenvalue weighted by atomic mass is 19.3. The molecule has 0 N–H and O–H groups in total. The zero-order valence-corrected chi connectivity index (χ0v) is 20.3. The van der Waals surface area contributed by atoms with Crippen molar-refractivity contribution in [3.8, 4) is 28.6 Å². The van der Waals surface area contributed by atoms with E-state index in [4.69, 9.17) is 9.72 Å². The first-order valence-electron chi connectivity index (χ1n) is 11.5. The van der Waals surface area contributed by atoms with Crippen LogP contribution in [0.2, 0.25) is 0 Å². The molecule has 0 bridgehead atoms. The molecule has 0 unspecified atom stereocenters. The molecule has 0 spiro atoms. The Hall–Kier alpha value is -3.55. The quantitative estimate of drug-likeness (QED) is 0.461. The zero-order chi connectivity index (χ0) is 25.1. The van der Waals surface area contributed by atoms with Crippen molar-refractivity contribution in [3.05, 3.63) is 64.0 Å². The second-order valence-electron chi connectivity index (χ2n) is 9.35. The zero-order valence-electron chi connectivity index (χ0n) is 20.3. The predicted molar refractivity (Wildman–Crippen MR) is 125 cm³/mol. The van der Waals surface area contributed by atoms with E-state index in [1.807, 2.05) is 33.8 Å². The minimum atomic E-state index is -3.69. The van der Waals surface area contributed by atoms with Gasteiger partial charge < -0.3 is 14.2 Å². The Bertz CT molecular complexity index is 1370. The number of nitrogens with zero attached hydrogens (tertiary/aromatic N) is 2. The molecule has 0 amide bonds. The van der Waals surface area contributed by atoms with Gasteiger partial charge in [0.25, 0.3) is 0 Å². The van der Waals surface area contributed by atoms with Gasteiger partial charge in [-0.1, -0.05) is 6.07 Å². The Labute approximate surface area is 202 Å². The largest absolute Gasteiger partial charge is 0.586 e. The molecule has 0 saturated heterocycles. The summed E-state index contributed by atoms with van der Waals surface area (Å²) in [7, 11) is 1.59. The number of aryl methyl sites for hydroxylation is 1. The van der Waals surface area contributed by atoms with Crippen molar-refractivity contribution in [1.29, 1.82) is 0 Å². The first-order chi connectivity index (χ1) is 16.5. The van der Waals surface area contributed by atoms with Gasteiger partial charge in [0.2, 0.25) is 5.88 Å². The molecule has 2 aromatic heterocycles. The first-order valence-corrected chi connectivity index (χ1v) is 11.5. The molecule has 5 rings (SSSR count). The maximum atomic E-state index is 13.5. The van der Waals surface area contributed by atoms with E-state index in [1.165, 1.54) is 12.1 Å². The Morgan fingerprint density at radius 2 is 1.74 bits per heavy atom. The van der Waals surface area contributed by atoms with Gasteiger partial charge in [-0.15, -0.1) is 8.78 Å². The average Bonchev–Trinajstić information content (AvgIpc) is 3.55. The van der Waals surface area contributed by atoms with E-state index in [0.717, 1.165) is 33.5 Å². The molecule has 3 aromatic rings. The highest BCUT2D eigenvalue weighted by Gasteiger charge is 2.52. The number of pyridine rings is 2. The van der Waals surface area contributed by atoms with Gasteiger partial charge in [-0.25, -0.2) is 4.98 Å². The summed E-state index contributed by atoms with van der Waals surface area (Å²) in [4.78, 5) is 22.8. The van der Waals surface area contributed by atoms with Crippen LogP contribution in [0, 0.1) is 27.7 Å². The summed E-state index contributed by atoms with van der Waals surface area (Å²) in [6, 6.07) is 6.54. The summed E-state index contributed by atoms with van der Waals surface area (Å²) in [5.41, 5.74) is 6.31. The van der Waals surface area contributed by atoms with Crippen molar-refractivity contribution in [1.82, 2.24) is 9.97 Å². The number of hydrogen-bond acceptors (Lipinski definition) is 6. The third-order valence-electron chi connectivity index (χ3n) is 7.21. The van der Waals surface area contributed by atoms with Gasteiger partial charge in [0.15, 0.2) is 11.5 Å². The number of benzene rings is 1. The van der Waals surface area contributed by atoms with Crippen LogP contribution in [-0.4, -0.2) is 29.2 Å². The Morgan fingerprint density at radius 1 is 1.03 bits per heavy atom. The van der Waals surface area contributed by atoms with E-state index in [2.05, 4.69) is 14.5 Å². The van der Waals surface area contributed by atoms with Crippen molar-refractivity contribution in [3.63, 3.8) is 0 Å². The highest BCUT2D eigenvalue weighted by Crippen LogP contribution is 2.52. The minimum Gasteiger partial charge on any atom is -0.481 e. The van der Waals surface area contributed by atoms with Gasteiger partial charge in [-0.3, -0.25) is 9.78 Å². The lowest BCUT2D eigenvalue weighted by molar-refractivity contribution is -0.286. The molecule has 35 heavy (non-hydrogen) atoms. The molecule has 1 aliphatic carbocycles. The lowest BCUT2D eigenvalue weighted by Crippen LogP contribution is -2.26. The van der Waals surface area contributed by atoms with Crippen LogP contribution in [0.4, 0.5) is 8.78 Å². The Morgan fingerprint density at radius 3 is 2.43 bits per heavy atom. The highest BCUT2D eigenvalue weighted by molar-refractivity contribution is 5.94. The number of Topliss-reactive ketones (excluding diaryl/α,β-unsaturated/α-hetero) is 1. The number of ether oxygens (including phenoxy) is 3. The molecule has 1 saturated carbocycles. The second-order valence-corrected chi connectivity index (χ2v) is 9.35. The monoisotopic (exact) mass is 480 g/mol. The number of ketones is 1. The Kier molecular flexibility index (Phi) is 5.30. The number of halogens is 2. The van der Waals surface area contributed by atoms with Crippen molar-refractivity contribution in [2.45, 2.75) is 58.7 Å². The van der Waals surface area contributed by atoms with E-state index >= 15 is 0 Å². The Balaban J connectivity index is 1.45. The second kappa shape index (κ2) is 8.00. The van der Waals surface area contributed by atoms with Crippen LogP contribution in [0.15, 0.2) is 30.5 Å². The van der Waals surface area contributed by atoms with Crippen LogP contribution in [-0.2, 0) is 16.6 Å². The molecule has 2 aliphatic rings. The number of carbonyl (C=O) groups excluding carboxylic acids is 1. The van der Waals surface area contributed by atoms with Gasteiger partial charge in [0, 0.05) is 29.4 Å². The van der Waals surface area contributed by atoms with Crippen LogP contribution in [0.5, 0.6) is 17.4 Å². The first kappa shape index (κ1) is 23.2. The molecule has 0 radical (unpaired) electrons. The standard InChI is InChI=1S/C27H26F2N2O4/c1-14-10-19(31-24(15(14)2)20-13-30-25(33-5)17(4)16(20)3)12-23(32)26(8-9-26)18-6-7-21-22(11-18)35-27(28,29)34-21/h6-7,10-11,13H,8-9,12H2,1-5H3. The number of rotatable bonds is 6. The minimum absolute atomic E-state index is 0.00517. The lowest BCUT2D eigenvalue weighted by atomic mass is 9.88. The molecule has 3 heterocycles. The van der Waals surface area contributed by atoms with Crippen molar-refractivity contribution >= 4 is 5.78 Å². The van der Waals surface area contributed by atoms with E-state index in [9.17, 15) is 13.6 Å². The average molecular weight is 481 g/mol. The fraction of sp³-hybridized carbons (Fsp3) is 0.370. The van der Waals surface area contributed by atoms with Crippen LogP contribution in [0.25, 0.3) is 11.3 Å². The molecule has 1 fully saturated rings. The van der Waals surface area contributed by atoms with Gasteiger partial charge in [-0.05, 0) is 81.0 Å². The fourth-order valence-corrected chi connectivity index (χ4v) is 4.72. The van der Waals surface area contributed by atoms with Gasteiger partial charge in [-0.2, -0.15) is 0 Å².